The maximum atomic E-state index is 5.77. The number of nitrogens with zero attached hydrogens (tertiary/aromatic N) is 2. The maximum Gasteiger partial charge on any atom is 0.219 e. The van der Waals surface area contributed by atoms with E-state index < -0.39 is 0 Å². The number of rotatable bonds is 1. The summed E-state index contributed by atoms with van der Waals surface area (Å²) >= 11 is 5.77. The van der Waals surface area contributed by atoms with Crippen LogP contribution in [-0.2, 0) is 0 Å². The minimum Gasteiger partial charge on any atom is -0.368 e. The molecule has 1 aromatic carbocycles. The van der Waals surface area contributed by atoms with E-state index in [9.17, 15) is 0 Å². The van der Waals surface area contributed by atoms with Crippen LogP contribution in [0.1, 0.15) is 0 Å². The molecule has 0 radical (unpaired) electrons. The molecule has 3 nitrogen and oxygen atoms in total. The highest BCUT2D eigenvalue weighted by atomic mass is 35.5. The van der Waals surface area contributed by atoms with Crippen LogP contribution >= 0.6 is 11.6 Å². The van der Waals surface area contributed by atoms with Crippen molar-refractivity contribution in [2.45, 2.75) is 0 Å². The van der Waals surface area contributed by atoms with Crippen LogP contribution in [0.25, 0.3) is 11.1 Å². The average molecular weight is 206 g/mol. The number of anilines is 1. The summed E-state index contributed by atoms with van der Waals surface area (Å²) in [6, 6.07) is 7.48. The van der Waals surface area contributed by atoms with E-state index in [4.69, 9.17) is 17.3 Å². The van der Waals surface area contributed by atoms with Gasteiger partial charge in [-0.1, -0.05) is 23.7 Å². The number of benzene rings is 1. The lowest BCUT2D eigenvalue weighted by Crippen LogP contribution is -1.93. The molecule has 0 saturated heterocycles. The monoisotopic (exact) mass is 205 g/mol. The van der Waals surface area contributed by atoms with Gasteiger partial charge in [0.15, 0.2) is 0 Å². The molecule has 0 saturated carbocycles. The lowest BCUT2D eigenvalue weighted by atomic mass is 10.1. The van der Waals surface area contributed by atoms with Crippen molar-refractivity contribution in [3.63, 3.8) is 0 Å². The number of nitrogens with two attached hydrogens (primary N) is 1. The molecule has 2 aromatic rings. The summed E-state index contributed by atoms with van der Waals surface area (Å²) in [5.41, 5.74) is 7.33. The zero-order valence-corrected chi connectivity index (χ0v) is 8.07. The van der Waals surface area contributed by atoms with Crippen LogP contribution in [0, 0.1) is 0 Å². The Morgan fingerprint density at radius 1 is 0.929 bits per heavy atom. The fourth-order valence-electron chi connectivity index (χ4n) is 1.13. The number of nitrogen functional groups attached to an aromatic ring is 1. The minimum absolute atomic E-state index is 0.280. The zero-order chi connectivity index (χ0) is 9.97. The van der Waals surface area contributed by atoms with Gasteiger partial charge in [-0.25, -0.2) is 9.97 Å². The molecule has 0 aliphatic heterocycles. The Kier molecular flexibility index (Phi) is 2.33. The lowest BCUT2D eigenvalue weighted by molar-refractivity contribution is 1.19. The molecule has 0 bridgehead atoms. The van der Waals surface area contributed by atoms with Crippen molar-refractivity contribution in [3.05, 3.63) is 41.7 Å². The van der Waals surface area contributed by atoms with E-state index in [-0.39, 0.29) is 5.95 Å². The van der Waals surface area contributed by atoms with E-state index in [0.29, 0.717) is 5.02 Å². The average Bonchev–Trinajstić information content (AvgIpc) is 2.21. The Morgan fingerprint density at radius 3 is 2.07 bits per heavy atom. The molecular weight excluding hydrogens is 198 g/mol. The van der Waals surface area contributed by atoms with Gasteiger partial charge in [-0.2, -0.15) is 0 Å². The number of hydrogen-bond acceptors (Lipinski definition) is 3. The summed E-state index contributed by atoms with van der Waals surface area (Å²) in [5.74, 6) is 0.280. The summed E-state index contributed by atoms with van der Waals surface area (Å²) in [5, 5.41) is 0.713. The maximum absolute atomic E-state index is 5.77. The third-order valence-electron chi connectivity index (χ3n) is 1.85. The molecule has 70 valence electrons. The standard InChI is InChI=1S/C10H8ClN3/c11-9-3-1-7(2-4-9)8-5-13-10(12)14-6-8/h1-6H,(H2,12,13,14). The molecule has 0 unspecified atom stereocenters. The van der Waals surface area contributed by atoms with Crippen molar-refractivity contribution in [3.8, 4) is 11.1 Å². The first-order valence-corrected chi connectivity index (χ1v) is 4.47. The van der Waals surface area contributed by atoms with E-state index in [0.717, 1.165) is 11.1 Å². The smallest absolute Gasteiger partial charge is 0.219 e. The Morgan fingerprint density at radius 2 is 1.50 bits per heavy atom. The van der Waals surface area contributed by atoms with E-state index in [2.05, 4.69) is 9.97 Å². The SMILES string of the molecule is Nc1ncc(-c2ccc(Cl)cc2)cn1. The molecule has 0 aliphatic rings. The summed E-state index contributed by atoms with van der Waals surface area (Å²) in [6.07, 6.45) is 3.37. The molecule has 0 atom stereocenters. The van der Waals surface area contributed by atoms with Crippen molar-refractivity contribution in [1.29, 1.82) is 0 Å². The van der Waals surface area contributed by atoms with E-state index in [1.54, 1.807) is 12.4 Å². The molecule has 2 N–H and O–H groups in total. The number of hydrogen-bond donors (Lipinski definition) is 1. The number of aromatic nitrogens is 2. The van der Waals surface area contributed by atoms with Crippen molar-refractivity contribution >= 4 is 17.5 Å². The summed E-state index contributed by atoms with van der Waals surface area (Å²) in [6.45, 7) is 0. The second kappa shape index (κ2) is 3.64. The largest absolute Gasteiger partial charge is 0.368 e. The first kappa shape index (κ1) is 8.97. The van der Waals surface area contributed by atoms with Crippen LogP contribution in [0.2, 0.25) is 5.02 Å². The van der Waals surface area contributed by atoms with E-state index in [1.165, 1.54) is 0 Å². The third-order valence-corrected chi connectivity index (χ3v) is 2.10. The Balaban J connectivity index is 2.40. The van der Waals surface area contributed by atoms with Crippen LogP contribution in [0.4, 0.5) is 5.95 Å². The first-order valence-electron chi connectivity index (χ1n) is 4.09. The van der Waals surface area contributed by atoms with Crippen molar-refractivity contribution in [2.24, 2.45) is 0 Å². The van der Waals surface area contributed by atoms with Crippen LogP contribution in [0.5, 0.6) is 0 Å². The van der Waals surface area contributed by atoms with Gasteiger partial charge in [-0.15, -0.1) is 0 Å². The van der Waals surface area contributed by atoms with Gasteiger partial charge in [0.1, 0.15) is 0 Å². The van der Waals surface area contributed by atoms with E-state index in [1.807, 2.05) is 24.3 Å². The van der Waals surface area contributed by atoms with Crippen molar-refractivity contribution < 1.29 is 0 Å². The van der Waals surface area contributed by atoms with Crippen LogP contribution in [0.15, 0.2) is 36.7 Å². The Bertz CT molecular complexity index is 379. The summed E-state index contributed by atoms with van der Waals surface area (Å²) in [4.78, 5) is 7.82. The van der Waals surface area contributed by atoms with Crippen LogP contribution in [-0.4, -0.2) is 9.97 Å². The molecule has 0 fully saturated rings. The molecule has 4 heteroatoms. The van der Waals surface area contributed by atoms with Gasteiger partial charge in [0, 0.05) is 23.0 Å². The van der Waals surface area contributed by atoms with Gasteiger partial charge in [0.25, 0.3) is 0 Å². The molecular formula is C10H8ClN3. The van der Waals surface area contributed by atoms with Crippen LogP contribution < -0.4 is 5.73 Å². The third kappa shape index (κ3) is 1.83. The second-order valence-electron chi connectivity index (χ2n) is 2.84. The van der Waals surface area contributed by atoms with Gasteiger partial charge in [0.2, 0.25) is 5.95 Å². The van der Waals surface area contributed by atoms with Gasteiger partial charge in [-0.05, 0) is 17.7 Å². The molecule has 1 aromatic heterocycles. The quantitative estimate of drug-likeness (QED) is 0.778. The molecule has 1 heterocycles. The minimum atomic E-state index is 0.280. The van der Waals surface area contributed by atoms with Crippen molar-refractivity contribution in [2.75, 3.05) is 5.73 Å². The molecule has 2 rings (SSSR count). The highest BCUT2D eigenvalue weighted by Gasteiger charge is 1.98. The van der Waals surface area contributed by atoms with Gasteiger partial charge >= 0.3 is 0 Å². The summed E-state index contributed by atoms with van der Waals surface area (Å²) < 4.78 is 0. The van der Waals surface area contributed by atoms with Crippen LogP contribution in [0.3, 0.4) is 0 Å². The lowest BCUT2D eigenvalue weighted by Gasteiger charge is -2.00. The fraction of sp³-hybridized carbons (Fsp3) is 0. The molecule has 0 spiro atoms. The summed E-state index contributed by atoms with van der Waals surface area (Å²) in [7, 11) is 0. The molecule has 0 aliphatic carbocycles. The fourth-order valence-corrected chi connectivity index (χ4v) is 1.26. The van der Waals surface area contributed by atoms with Crippen molar-refractivity contribution in [1.82, 2.24) is 9.97 Å². The van der Waals surface area contributed by atoms with Gasteiger partial charge in [0.05, 0.1) is 0 Å². The normalized spacial score (nSPS) is 10.1. The topological polar surface area (TPSA) is 51.8 Å². The predicted octanol–water partition coefficient (Wildman–Crippen LogP) is 2.38. The van der Waals surface area contributed by atoms with E-state index >= 15 is 0 Å². The first-order chi connectivity index (χ1) is 6.75. The predicted molar refractivity (Wildman–Crippen MR) is 56.9 cm³/mol. The highest BCUT2D eigenvalue weighted by molar-refractivity contribution is 6.30. The molecule has 14 heavy (non-hydrogen) atoms. The highest BCUT2D eigenvalue weighted by Crippen LogP contribution is 2.19. The zero-order valence-electron chi connectivity index (χ0n) is 7.31. The van der Waals surface area contributed by atoms with Gasteiger partial charge < -0.3 is 5.73 Å². The number of halogens is 1. The van der Waals surface area contributed by atoms with Gasteiger partial charge in [-0.3, -0.25) is 0 Å². The molecule has 0 amide bonds. The second-order valence-corrected chi connectivity index (χ2v) is 3.27. The Labute approximate surface area is 86.6 Å². The Hall–Kier alpha value is -1.61.